The number of likely N-dealkylation sites (N-methyl/N-ethyl adjacent to an activating group) is 1. The van der Waals surface area contributed by atoms with Crippen LogP contribution in [-0.4, -0.2) is 71.8 Å². The van der Waals surface area contributed by atoms with Crippen LogP contribution in [0.2, 0.25) is 5.02 Å². The van der Waals surface area contributed by atoms with Crippen LogP contribution in [0.5, 0.6) is 6.01 Å². The highest BCUT2D eigenvalue weighted by atomic mass is 35.5. The van der Waals surface area contributed by atoms with Gasteiger partial charge in [-0.15, -0.1) is 0 Å². The molecule has 0 saturated carbocycles. The lowest BCUT2D eigenvalue weighted by Gasteiger charge is -2.35. The maximum Gasteiger partial charge on any atom is 0.319 e. The fraction of sp³-hybridized carbons (Fsp3) is 0.393. The van der Waals surface area contributed by atoms with Crippen LogP contribution in [0.1, 0.15) is 19.8 Å². The molecule has 0 radical (unpaired) electrons. The predicted octanol–water partition coefficient (Wildman–Crippen LogP) is 4.63. The average Bonchev–Trinajstić information content (AvgIpc) is 3.35. The van der Waals surface area contributed by atoms with E-state index < -0.39 is 11.6 Å². The van der Waals surface area contributed by atoms with Crippen molar-refractivity contribution in [2.45, 2.75) is 31.8 Å². The van der Waals surface area contributed by atoms with Crippen molar-refractivity contribution in [3.8, 4) is 17.3 Å². The van der Waals surface area contributed by atoms with Crippen LogP contribution in [-0.2, 0) is 0 Å². The number of nitrogens with zero attached hydrogens (tertiary/aromatic N) is 5. The molecule has 2 aliphatic heterocycles. The number of benzene rings is 2. The Labute approximate surface area is 230 Å². The Balaban J connectivity index is 1.54. The Morgan fingerprint density at radius 2 is 1.90 bits per heavy atom. The summed E-state index contributed by atoms with van der Waals surface area (Å²) in [7, 11) is 2.07. The summed E-state index contributed by atoms with van der Waals surface area (Å²) in [6.45, 7) is 5.69. The summed E-state index contributed by atoms with van der Waals surface area (Å²) in [6.07, 6.45) is 2.12. The lowest BCUT2D eigenvalue weighted by molar-refractivity contribution is 0.188. The Bertz CT molecular complexity index is 1570. The number of nitrogens with one attached hydrogen (secondary N) is 1. The minimum absolute atomic E-state index is 0.00607. The van der Waals surface area contributed by atoms with Gasteiger partial charge in [0.05, 0.1) is 16.3 Å². The van der Waals surface area contributed by atoms with E-state index >= 15 is 4.39 Å². The van der Waals surface area contributed by atoms with Gasteiger partial charge in [-0.3, -0.25) is 0 Å². The third-order valence-electron chi connectivity index (χ3n) is 7.80. The van der Waals surface area contributed by atoms with Crippen LogP contribution in [0.4, 0.5) is 20.4 Å². The van der Waals surface area contributed by atoms with Gasteiger partial charge in [-0.1, -0.05) is 35.9 Å². The lowest BCUT2D eigenvalue weighted by Crippen LogP contribution is -2.50. The van der Waals surface area contributed by atoms with Crippen LogP contribution in [0.25, 0.3) is 32.9 Å². The number of anilines is 2. The van der Waals surface area contributed by atoms with Crippen LogP contribution in [0.15, 0.2) is 30.3 Å². The van der Waals surface area contributed by atoms with Crippen LogP contribution >= 0.6 is 11.6 Å². The monoisotopic (exact) mass is 553 g/mol. The quantitative estimate of drug-likeness (QED) is 0.370. The van der Waals surface area contributed by atoms with Crippen LogP contribution < -0.4 is 20.7 Å². The van der Waals surface area contributed by atoms with Crippen LogP contribution in [0.3, 0.4) is 0 Å². The molecule has 2 atom stereocenters. The number of nitrogens with two attached hydrogens (primary N) is 1. The van der Waals surface area contributed by atoms with Gasteiger partial charge >= 0.3 is 6.01 Å². The molecule has 4 aromatic rings. The third-order valence-corrected chi connectivity index (χ3v) is 8.10. The fourth-order valence-electron chi connectivity index (χ4n) is 5.62. The maximum absolute atomic E-state index is 16.6. The number of fused-ring (bicyclic) bond motifs is 2. The molecule has 4 heterocycles. The minimum Gasteiger partial charge on any atom is -0.462 e. The highest BCUT2D eigenvalue weighted by molar-refractivity contribution is 6.34. The Morgan fingerprint density at radius 1 is 1.10 bits per heavy atom. The van der Waals surface area contributed by atoms with Crippen molar-refractivity contribution < 1.29 is 13.5 Å². The zero-order valence-corrected chi connectivity index (χ0v) is 22.6. The second kappa shape index (κ2) is 10.3. The molecule has 2 fully saturated rings. The van der Waals surface area contributed by atoms with Gasteiger partial charge in [0, 0.05) is 47.9 Å². The zero-order valence-electron chi connectivity index (χ0n) is 21.8. The van der Waals surface area contributed by atoms with Crippen molar-refractivity contribution in [2.75, 3.05) is 50.5 Å². The van der Waals surface area contributed by atoms with Crippen molar-refractivity contribution in [1.82, 2.24) is 25.2 Å². The van der Waals surface area contributed by atoms with E-state index in [2.05, 4.69) is 39.1 Å². The van der Waals surface area contributed by atoms with Gasteiger partial charge in [0.1, 0.15) is 17.9 Å². The smallest absolute Gasteiger partial charge is 0.319 e. The Hall–Kier alpha value is -3.34. The maximum atomic E-state index is 16.6. The highest BCUT2D eigenvalue weighted by Gasteiger charge is 2.28. The number of aromatic nitrogens is 3. The number of ether oxygens (including phenoxy) is 1. The molecule has 0 unspecified atom stereocenters. The fourth-order valence-corrected chi connectivity index (χ4v) is 5.90. The van der Waals surface area contributed by atoms with Crippen molar-refractivity contribution >= 4 is 44.9 Å². The van der Waals surface area contributed by atoms with Crippen molar-refractivity contribution in [2.24, 2.45) is 0 Å². The molecular formula is C28H30ClF2N7O. The van der Waals surface area contributed by atoms with Crippen molar-refractivity contribution in [1.29, 1.82) is 0 Å². The standard InChI is InChI=1S/C28H30ClF2N7O/c1-15-13-33-9-11-38(15)27-19-12-20(29)21(24-18-8-4-3-7-17(18)22(30)26(32)34-24)23(31)25(19)35-28(36-27)39-14-16-6-5-10-37(16)2/h3-4,7-8,12,15-16,33H,5-6,9-11,13-14H2,1-2H3,(H2,32,34)/t15-,16-/m0/s1. The van der Waals surface area contributed by atoms with E-state index in [1.54, 1.807) is 30.3 Å². The van der Waals surface area contributed by atoms with E-state index in [0.29, 0.717) is 29.7 Å². The van der Waals surface area contributed by atoms with Crippen molar-refractivity contribution in [3.05, 3.63) is 47.0 Å². The average molecular weight is 554 g/mol. The van der Waals surface area contributed by atoms with E-state index in [9.17, 15) is 4.39 Å². The highest BCUT2D eigenvalue weighted by Crippen LogP contribution is 2.41. The second-order valence-corrected chi connectivity index (χ2v) is 10.7. The van der Waals surface area contributed by atoms with Crippen LogP contribution in [0, 0.1) is 11.6 Å². The normalized spacial score (nSPS) is 20.3. The van der Waals surface area contributed by atoms with Gasteiger partial charge in [-0.05, 0) is 39.4 Å². The number of pyridine rings is 1. The molecule has 11 heteroatoms. The summed E-state index contributed by atoms with van der Waals surface area (Å²) in [4.78, 5) is 17.9. The number of hydrogen-bond acceptors (Lipinski definition) is 8. The molecule has 2 aromatic carbocycles. The molecule has 6 rings (SSSR count). The van der Waals surface area contributed by atoms with Gasteiger partial charge in [0.2, 0.25) is 0 Å². The molecule has 0 bridgehead atoms. The number of hydrogen-bond donors (Lipinski definition) is 2. The number of piperazine rings is 1. The number of likely N-dealkylation sites (tertiary alicyclic amines) is 1. The number of halogens is 3. The van der Waals surface area contributed by atoms with E-state index in [1.165, 1.54) is 0 Å². The molecular weight excluding hydrogens is 524 g/mol. The van der Waals surface area contributed by atoms with Gasteiger partial charge in [0.15, 0.2) is 17.5 Å². The summed E-state index contributed by atoms with van der Waals surface area (Å²) >= 11 is 6.75. The van der Waals surface area contributed by atoms with Gasteiger partial charge < -0.3 is 25.6 Å². The second-order valence-electron chi connectivity index (χ2n) is 10.3. The summed E-state index contributed by atoms with van der Waals surface area (Å²) < 4.78 is 37.4. The molecule has 2 saturated heterocycles. The van der Waals surface area contributed by atoms with Gasteiger partial charge in [-0.2, -0.15) is 9.97 Å². The SMILES string of the molecule is C[C@H]1CNCCN1c1nc(OC[C@@H]2CCCN2C)nc2c(F)c(-c3nc(N)c(F)c4ccccc34)c(Cl)cc12. The molecule has 204 valence electrons. The molecule has 2 aromatic heterocycles. The zero-order chi connectivity index (χ0) is 27.3. The summed E-state index contributed by atoms with van der Waals surface area (Å²) in [6, 6.07) is 8.78. The Morgan fingerprint density at radius 3 is 2.64 bits per heavy atom. The largest absolute Gasteiger partial charge is 0.462 e. The number of rotatable bonds is 5. The molecule has 2 aliphatic rings. The first-order valence-electron chi connectivity index (χ1n) is 13.2. The first kappa shape index (κ1) is 25.9. The first-order valence-corrected chi connectivity index (χ1v) is 13.6. The molecule has 0 amide bonds. The van der Waals surface area contributed by atoms with Crippen molar-refractivity contribution in [3.63, 3.8) is 0 Å². The van der Waals surface area contributed by atoms with Gasteiger partial charge in [-0.25, -0.2) is 13.8 Å². The van der Waals surface area contributed by atoms with E-state index in [4.69, 9.17) is 27.1 Å². The minimum atomic E-state index is -0.685. The third kappa shape index (κ3) is 4.60. The first-order chi connectivity index (χ1) is 18.8. The number of nitrogen functional groups attached to an aromatic ring is 1. The summed E-state index contributed by atoms with van der Waals surface area (Å²) in [5, 5.41) is 4.59. The molecule has 3 N–H and O–H groups in total. The molecule has 0 aliphatic carbocycles. The molecule has 39 heavy (non-hydrogen) atoms. The Kier molecular flexibility index (Phi) is 6.86. The molecule has 0 spiro atoms. The summed E-state index contributed by atoms with van der Waals surface area (Å²) in [5.74, 6) is -1.11. The molecule has 8 nitrogen and oxygen atoms in total. The topological polar surface area (TPSA) is 92.4 Å². The van der Waals surface area contributed by atoms with E-state index in [-0.39, 0.29) is 51.1 Å². The predicted molar refractivity (Wildman–Crippen MR) is 150 cm³/mol. The van der Waals surface area contributed by atoms with E-state index in [0.717, 1.165) is 32.5 Å². The lowest BCUT2D eigenvalue weighted by atomic mass is 10.0. The summed E-state index contributed by atoms with van der Waals surface area (Å²) in [5.41, 5.74) is 6.12. The van der Waals surface area contributed by atoms with E-state index in [1.807, 2.05) is 0 Å². The van der Waals surface area contributed by atoms with Gasteiger partial charge in [0.25, 0.3) is 0 Å².